The maximum absolute atomic E-state index is 12.7. The molecule has 3 N–H and O–H groups in total. The highest BCUT2D eigenvalue weighted by molar-refractivity contribution is 7.89. The molecule has 1 fully saturated rings. The monoisotopic (exact) mass is 462 g/mol. The van der Waals surface area contributed by atoms with E-state index in [0.29, 0.717) is 30.2 Å². The molecule has 1 aliphatic rings. The largest absolute Gasteiger partial charge is 0.493 e. The van der Waals surface area contributed by atoms with Gasteiger partial charge in [0, 0.05) is 19.1 Å². The Hall–Kier alpha value is -2.83. The van der Waals surface area contributed by atoms with Gasteiger partial charge in [0.05, 0.1) is 17.1 Å². The van der Waals surface area contributed by atoms with E-state index in [1.54, 1.807) is 0 Å². The Labute approximate surface area is 184 Å². The normalized spacial score (nSPS) is 14.9. The quantitative estimate of drug-likeness (QED) is 0.401. The van der Waals surface area contributed by atoms with Gasteiger partial charge >= 0.3 is 0 Å². The van der Waals surface area contributed by atoms with Gasteiger partial charge in [0.15, 0.2) is 11.6 Å². The van der Waals surface area contributed by atoms with Crippen molar-refractivity contribution in [3.63, 3.8) is 0 Å². The molecule has 1 aliphatic carbocycles. The molecule has 0 bridgehead atoms. The Bertz CT molecular complexity index is 1260. The Balaban J connectivity index is 1.82. The molecule has 0 atom stereocenters. The van der Waals surface area contributed by atoms with Gasteiger partial charge in [-0.05, 0) is 44.4 Å². The highest BCUT2D eigenvalue weighted by atomic mass is 32.2. The SMILES string of the molecule is CCOc1ccc(S(=O)(=O)NCCCO)cc1-c1nn2c(C3CCCC3)nnc2c(=O)[nH]1. The molecular weight excluding hydrogens is 436 g/mol. The number of H-pyrrole nitrogens is 1. The van der Waals surface area contributed by atoms with Crippen molar-refractivity contribution in [1.29, 1.82) is 0 Å². The van der Waals surface area contributed by atoms with Crippen LogP contribution in [0.1, 0.15) is 50.8 Å². The number of nitrogens with one attached hydrogen (secondary N) is 2. The van der Waals surface area contributed by atoms with Gasteiger partial charge in [-0.25, -0.2) is 13.1 Å². The van der Waals surface area contributed by atoms with Crippen molar-refractivity contribution in [2.75, 3.05) is 19.8 Å². The number of fused-ring (bicyclic) bond motifs is 1. The fourth-order valence-corrected chi connectivity index (χ4v) is 4.99. The van der Waals surface area contributed by atoms with Crippen LogP contribution < -0.4 is 15.0 Å². The summed E-state index contributed by atoms with van der Waals surface area (Å²) in [6.07, 6.45) is 4.40. The molecular formula is C20H26N6O5S. The third-order valence-corrected chi connectivity index (χ3v) is 6.92. The zero-order chi connectivity index (χ0) is 22.7. The number of ether oxygens (including phenoxy) is 1. The molecule has 2 heterocycles. The number of aromatic nitrogens is 5. The number of aliphatic hydroxyl groups excluding tert-OH is 1. The number of rotatable bonds is 9. The molecule has 3 aromatic rings. The van der Waals surface area contributed by atoms with Crippen LogP contribution in [0.5, 0.6) is 5.75 Å². The molecule has 2 aromatic heterocycles. The second-order valence-corrected chi connectivity index (χ2v) is 9.41. The lowest BCUT2D eigenvalue weighted by molar-refractivity contribution is 0.289. The van der Waals surface area contributed by atoms with E-state index in [2.05, 4.69) is 25.0 Å². The maximum atomic E-state index is 12.7. The van der Waals surface area contributed by atoms with Crippen LogP contribution in [0, 0.1) is 0 Å². The first-order valence-electron chi connectivity index (χ1n) is 10.7. The van der Waals surface area contributed by atoms with Gasteiger partial charge in [-0.3, -0.25) is 4.79 Å². The highest BCUT2D eigenvalue weighted by Gasteiger charge is 2.25. The summed E-state index contributed by atoms with van der Waals surface area (Å²) < 4.78 is 34.9. The Morgan fingerprint density at radius 1 is 1.28 bits per heavy atom. The lowest BCUT2D eigenvalue weighted by Crippen LogP contribution is -2.25. The third-order valence-electron chi connectivity index (χ3n) is 5.46. The summed E-state index contributed by atoms with van der Waals surface area (Å²) in [4.78, 5) is 15.4. The van der Waals surface area contributed by atoms with Crippen LogP contribution in [0.25, 0.3) is 17.0 Å². The number of benzene rings is 1. The molecule has 1 aromatic carbocycles. The van der Waals surface area contributed by atoms with E-state index in [4.69, 9.17) is 9.84 Å². The Kier molecular flexibility index (Phi) is 6.53. The molecule has 32 heavy (non-hydrogen) atoms. The molecule has 172 valence electrons. The number of aliphatic hydroxyl groups is 1. The van der Waals surface area contributed by atoms with Gasteiger partial charge in [0.2, 0.25) is 15.7 Å². The van der Waals surface area contributed by atoms with Crippen LogP contribution in [-0.4, -0.2) is 58.1 Å². The van der Waals surface area contributed by atoms with Crippen molar-refractivity contribution in [2.45, 2.75) is 49.8 Å². The number of hydrogen-bond acceptors (Lipinski definition) is 8. The van der Waals surface area contributed by atoms with Crippen molar-refractivity contribution < 1.29 is 18.3 Å². The minimum atomic E-state index is -3.83. The molecule has 1 saturated carbocycles. The zero-order valence-corrected chi connectivity index (χ0v) is 18.6. The molecule has 0 spiro atoms. The van der Waals surface area contributed by atoms with Crippen LogP contribution in [0.2, 0.25) is 0 Å². The summed E-state index contributed by atoms with van der Waals surface area (Å²) in [5.41, 5.74) is -0.0338. The van der Waals surface area contributed by atoms with Gasteiger partial charge in [-0.1, -0.05) is 12.8 Å². The van der Waals surface area contributed by atoms with Crippen LogP contribution in [0.3, 0.4) is 0 Å². The van der Waals surface area contributed by atoms with Gasteiger partial charge < -0.3 is 14.8 Å². The van der Waals surface area contributed by atoms with Crippen molar-refractivity contribution in [1.82, 2.24) is 29.5 Å². The molecule has 0 unspecified atom stereocenters. The molecule has 0 radical (unpaired) electrons. The van der Waals surface area contributed by atoms with E-state index in [9.17, 15) is 13.2 Å². The van der Waals surface area contributed by atoms with Gasteiger partial charge in [0.25, 0.3) is 5.56 Å². The minimum Gasteiger partial charge on any atom is -0.493 e. The molecule has 12 heteroatoms. The fourth-order valence-electron chi connectivity index (χ4n) is 3.89. The summed E-state index contributed by atoms with van der Waals surface area (Å²) in [5, 5.41) is 21.7. The number of hydrogen-bond donors (Lipinski definition) is 3. The van der Waals surface area contributed by atoms with Crippen LogP contribution in [-0.2, 0) is 10.0 Å². The Morgan fingerprint density at radius 2 is 2.06 bits per heavy atom. The summed E-state index contributed by atoms with van der Waals surface area (Å²) in [6, 6.07) is 4.37. The van der Waals surface area contributed by atoms with E-state index in [0.717, 1.165) is 25.7 Å². The third kappa shape index (κ3) is 4.38. The van der Waals surface area contributed by atoms with E-state index >= 15 is 0 Å². The van der Waals surface area contributed by atoms with E-state index in [1.165, 1.54) is 22.7 Å². The molecule has 0 aliphatic heterocycles. The molecule has 0 saturated heterocycles. The van der Waals surface area contributed by atoms with Crippen molar-refractivity contribution in [2.24, 2.45) is 0 Å². The number of sulfonamides is 1. The second-order valence-electron chi connectivity index (χ2n) is 7.64. The van der Waals surface area contributed by atoms with Gasteiger partial charge in [-0.2, -0.15) is 4.52 Å². The highest BCUT2D eigenvalue weighted by Crippen LogP contribution is 2.33. The van der Waals surface area contributed by atoms with Crippen molar-refractivity contribution in [3.8, 4) is 17.1 Å². The smallest absolute Gasteiger partial charge is 0.296 e. The number of nitrogens with zero attached hydrogens (tertiary/aromatic N) is 4. The first kappa shape index (κ1) is 22.4. The minimum absolute atomic E-state index is 0.00332. The topological polar surface area (TPSA) is 152 Å². The standard InChI is InChI=1S/C20H26N6O5S/c1-2-31-16-9-8-14(32(29,30)21-10-5-11-27)12-15(16)17-22-20(28)19-24-23-18(26(19)25-17)13-6-3-4-7-13/h8-9,12-13,21,27H,2-7,10-11H2,1H3,(H,22,25,28). The van der Waals surface area contributed by atoms with Gasteiger partial charge in [-0.15, -0.1) is 15.3 Å². The van der Waals surface area contributed by atoms with E-state index < -0.39 is 15.6 Å². The van der Waals surface area contributed by atoms with Crippen molar-refractivity contribution >= 4 is 15.7 Å². The average Bonchev–Trinajstić information content (AvgIpc) is 3.44. The van der Waals surface area contributed by atoms with Crippen LogP contribution in [0.15, 0.2) is 27.9 Å². The van der Waals surface area contributed by atoms with E-state index in [-0.39, 0.29) is 35.4 Å². The average molecular weight is 463 g/mol. The van der Waals surface area contributed by atoms with Crippen LogP contribution >= 0.6 is 0 Å². The predicted molar refractivity (Wildman–Crippen MR) is 116 cm³/mol. The lowest BCUT2D eigenvalue weighted by Gasteiger charge is -2.13. The predicted octanol–water partition coefficient (Wildman–Crippen LogP) is 1.20. The summed E-state index contributed by atoms with van der Waals surface area (Å²) in [7, 11) is -3.83. The van der Waals surface area contributed by atoms with E-state index in [1.807, 2.05) is 6.92 Å². The second kappa shape index (κ2) is 9.35. The summed E-state index contributed by atoms with van der Waals surface area (Å²) >= 11 is 0. The van der Waals surface area contributed by atoms with Crippen LogP contribution in [0.4, 0.5) is 0 Å². The first-order chi connectivity index (χ1) is 15.4. The van der Waals surface area contributed by atoms with Gasteiger partial charge in [0.1, 0.15) is 5.75 Å². The zero-order valence-electron chi connectivity index (χ0n) is 17.7. The fraction of sp³-hybridized carbons (Fsp3) is 0.500. The summed E-state index contributed by atoms with van der Waals surface area (Å²) in [5.74, 6) is 1.37. The molecule has 11 nitrogen and oxygen atoms in total. The first-order valence-corrected chi connectivity index (χ1v) is 12.2. The lowest BCUT2D eigenvalue weighted by atomic mass is 10.1. The van der Waals surface area contributed by atoms with Crippen molar-refractivity contribution in [3.05, 3.63) is 34.4 Å². The maximum Gasteiger partial charge on any atom is 0.296 e. The molecule has 0 amide bonds. The molecule has 4 rings (SSSR count). The summed E-state index contributed by atoms with van der Waals surface area (Å²) in [6.45, 7) is 2.14. The number of aromatic amines is 1. The Morgan fingerprint density at radius 3 is 2.78 bits per heavy atom.